The van der Waals surface area contributed by atoms with Crippen molar-refractivity contribution >= 4 is 34.3 Å². The summed E-state index contributed by atoms with van der Waals surface area (Å²) in [6, 6.07) is 9.98. The summed E-state index contributed by atoms with van der Waals surface area (Å²) < 4.78 is 5.33. The maximum Gasteiger partial charge on any atom is 0.287 e. The van der Waals surface area contributed by atoms with E-state index in [1.54, 1.807) is 36.4 Å². The number of nitrogens with one attached hydrogen (secondary N) is 4. The average molecular weight is 500 g/mol. The van der Waals surface area contributed by atoms with E-state index in [-0.39, 0.29) is 36.8 Å². The smallest absolute Gasteiger partial charge is 0.287 e. The SMILES string of the molecule is C[C@@H](NC(=O)C1=CCCC=C1)c1ccc2nc(C(=O)NCc3ccc4c(c3)NC(=O)CO4)[nH]c(=O)c2c1. The minimum atomic E-state index is -0.546. The number of aromatic nitrogens is 2. The van der Waals surface area contributed by atoms with Crippen molar-refractivity contribution in [3.8, 4) is 5.75 Å². The van der Waals surface area contributed by atoms with Crippen LogP contribution in [0.15, 0.2) is 65.0 Å². The van der Waals surface area contributed by atoms with Gasteiger partial charge in [0.2, 0.25) is 0 Å². The zero-order chi connectivity index (χ0) is 25.9. The topological polar surface area (TPSA) is 142 Å². The first-order chi connectivity index (χ1) is 17.9. The Labute approximate surface area is 211 Å². The van der Waals surface area contributed by atoms with Crippen LogP contribution in [0.25, 0.3) is 10.9 Å². The molecular weight excluding hydrogens is 474 g/mol. The molecule has 2 heterocycles. The zero-order valence-corrected chi connectivity index (χ0v) is 20.1. The van der Waals surface area contributed by atoms with Gasteiger partial charge >= 0.3 is 0 Å². The largest absolute Gasteiger partial charge is 0.482 e. The van der Waals surface area contributed by atoms with Gasteiger partial charge in [0.05, 0.1) is 22.6 Å². The molecule has 1 aliphatic carbocycles. The molecule has 1 aromatic heterocycles. The fraction of sp³-hybridized carbons (Fsp3) is 0.222. The number of carbonyl (C=O) groups excluding carboxylic acids is 3. The van der Waals surface area contributed by atoms with Crippen LogP contribution in [0.5, 0.6) is 5.75 Å². The van der Waals surface area contributed by atoms with Crippen LogP contribution in [0.4, 0.5) is 5.69 Å². The molecule has 10 nitrogen and oxygen atoms in total. The van der Waals surface area contributed by atoms with E-state index in [1.807, 2.05) is 25.2 Å². The number of ether oxygens (including phenoxy) is 1. The van der Waals surface area contributed by atoms with Crippen LogP contribution < -0.4 is 26.2 Å². The average Bonchev–Trinajstić information content (AvgIpc) is 2.91. The number of anilines is 1. The Morgan fingerprint density at radius 2 is 1.97 bits per heavy atom. The number of aromatic amines is 1. The third kappa shape index (κ3) is 5.27. The summed E-state index contributed by atoms with van der Waals surface area (Å²) in [5, 5.41) is 8.71. The van der Waals surface area contributed by atoms with E-state index in [9.17, 15) is 19.2 Å². The van der Waals surface area contributed by atoms with Gasteiger partial charge in [-0.3, -0.25) is 19.2 Å². The van der Waals surface area contributed by atoms with Crippen molar-refractivity contribution in [2.24, 2.45) is 0 Å². The normalized spacial score (nSPS) is 15.2. The van der Waals surface area contributed by atoms with Crippen LogP contribution in [0.3, 0.4) is 0 Å². The Balaban J connectivity index is 1.28. The minimum Gasteiger partial charge on any atom is -0.482 e. The van der Waals surface area contributed by atoms with Crippen molar-refractivity contribution in [1.82, 2.24) is 20.6 Å². The fourth-order valence-electron chi connectivity index (χ4n) is 4.18. The first-order valence-electron chi connectivity index (χ1n) is 11.9. The van der Waals surface area contributed by atoms with Crippen molar-refractivity contribution in [3.63, 3.8) is 0 Å². The summed E-state index contributed by atoms with van der Waals surface area (Å²) in [6.45, 7) is 1.97. The molecule has 3 amide bonds. The van der Waals surface area contributed by atoms with Crippen molar-refractivity contribution < 1.29 is 19.1 Å². The molecule has 0 bridgehead atoms. The van der Waals surface area contributed by atoms with E-state index in [0.29, 0.717) is 27.9 Å². The Morgan fingerprint density at radius 1 is 1.11 bits per heavy atom. The van der Waals surface area contributed by atoms with Gasteiger partial charge in [-0.25, -0.2) is 4.98 Å². The molecule has 0 fully saturated rings. The predicted molar refractivity (Wildman–Crippen MR) is 137 cm³/mol. The van der Waals surface area contributed by atoms with Crippen LogP contribution in [-0.4, -0.2) is 34.3 Å². The Morgan fingerprint density at radius 3 is 2.78 bits per heavy atom. The molecule has 2 aliphatic rings. The Hall–Kier alpha value is -4.73. The number of allylic oxidation sites excluding steroid dienone is 2. The number of nitrogens with zero attached hydrogens (tertiary/aromatic N) is 1. The van der Waals surface area contributed by atoms with E-state index in [4.69, 9.17) is 4.74 Å². The highest BCUT2D eigenvalue weighted by molar-refractivity contribution is 5.97. The summed E-state index contributed by atoms with van der Waals surface area (Å²) in [6.07, 6.45) is 7.44. The van der Waals surface area contributed by atoms with Gasteiger partial charge in [0.1, 0.15) is 5.75 Å². The minimum absolute atomic E-state index is 0.0327. The molecule has 0 saturated heterocycles. The Kier molecular flexibility index (Phi) is 6.55. The third-order valence-corrected chi connectivity index (χ3v) is 6.18. The predicted octanol–water partition coefficient (Wildman–Crippen LogP) is 2.64. The maximum absolute atomic E-state index is 12.8. The highest BCUT2D eigenvalue weighted by Crippen LogP contribution is 2.28. The third-order valence-electron chi connectivity index (χ3n) is 6.18. The lowest BCUT2D eigenvalue weighted by atomic mass is 10.0. The van der Waals surface area contributed by atoms with Gasteiger partial charge in [-0.1, -0.05) is 30.4 Å². The van der Waals surface area contributed by atoms with Gasteiger partial charge in [-0.2, -0.15) is 0 Å². The van der Waals surface area contributed by atoms with Gasteiger partial charge in [0, 0.05) is 12.1 Å². The lowest BCUT2D eigenvalue weighted by molar-refractivity contribution is -0.119. The highest BCUT2D eigenvalue weighted by Gasteiger charge is 2.18. The van der Waals surface area contributed by atoms with Crippen molar-refractivity contribution in [2.75, 3.05) is 11.9 Å². The number of carbonyl (C=O) groups is 3. The molecule has 0 unspecified atom stereocenters. The van der Waals surface area contributed by atoms with E-state index in [1.165, 1.54) is 0 Å². The monoisotopic (exact) mass is 499 g/mol. The second-order valence-electron chi connectivity index (χ2n) is 8.88. The van der Waals surface area contributed by atoms with Gasteiger partial charge in [0.25, 0.3) is 23.3 Å². The number of amides is 3. The number of hydrogen-bond acceptors (Lipinski definition) is 6. The summed E-state index contributed by atoms with van der Waals surface area (Å²) in [7, 11) is 0. The summed E-state index contributed by atoms with van der Waals surface area (Å²) in [5.41, 5.74) is 2.55. The number of hydrogen-bond donors (Lipinski definition) is 4. The van der Waals surface area contributed by atoms with Crippen LogP contribution in [0.2, 0.25) is 0 Å². The van der Waals surface area contributed by atoms with Gasteiger partial charge < -0.3 is 25.7 Å². The van der Waals surface area contributed by atoms with Gasteiger partial charge in [-0.15, -0.1) is 0 Å². The highest BCUT2D eigenvalue weighted by atomic mass is 16.5. The molecule has 1 atom stereocenters. The van der Waals surface area contributed by atoms with Crippen LogP contribution in [-0.2, 0) is 16.1 Å². The lowest BCUT2D eigenvalue weighted by Crippen LogP contribution is -2.29. The molecule has 1 aliphatic heterocycles. The van der Waals surface area contributed by atoms with Crippen molar-refractivity contribution in [3.05, 3.63) is 87.5 Å². The van der Waals surface area contributed by atoms with Crippen molar-refractivity contribution in [2.45, 2.75) is 32.4 Å². The first kappa shape index (κ1) is 24.0. The molecule has 0 radical (unpaired) electrons. The second kappa shape index (κ2) is 10.1. The fourth-order valence-corrected chi connectivity index (χ4v) is 4.18. The molecule has 4 N–H and O–H groups in total. The summed E-state index contributed by atoms with van der Waals surface area (Å²) >= 11 is 0. The maximum atomic E-state index is 12.8. The standard InChI is InChI=1S/C27H25N5O5/c1-15(29-25(34)17-5-3-2-4-6-17)18-8-9-20-19(12-18)26(35)32-24(31-20)27(36)28-13-16-7-10-22-21(11-16)30-23(33)14-37-22/h3,5-12,15H,2,4,13-14H2,1H3,(H,28,36)(H,29,34)(H,30,33)(H,31,32,35)/t15-/m1/s1. The molecular formula is C27H25N5O5. The van der Waals surface area contributed by atoms with Gasteiger partial charge in [0.15, 0.2) is 12.4 Å². The number of fused-ring (bicyclic) bond motifs is 2. The van der Waals surface area contributed by atoms with E-state index < -0.39 is 11.5 Å². The number of rotatable bonds is 6. The molecule has 2 aromatic carbocycles. The van der Waals surface area contributed by atoms with Gasteiger partial charge in [-0.05, 0) is 55.2 Å². The number of H-pyrrole nitrogens is 1. The number of benzene rings is 2. The zero-order valence-electron chi connectivity index (χ0n) is 20.1. The molecule has 0 saturated carbocycles. The Bertz CT molecular complexity index is 1540. The van der Waals surface area contributed by atoms with E-state index in [2.05, 4.69) is 25.9 Å². The van der Waals surface area contributed by atoms with Crippen LogP contribution in [0, 0.1) is 0 Å². The van der Waals surface area contributed by atoms with Crippen LogP contribution >= 0.6 is 0 Å². The van der Waals surface area contributed by atoms with E-state index in [0.717, 1.165) is 24.0 Å². The van der Waals surface area contributed by atoms with E-state index >= 15 is 0 Å². The quantitative estimate of drug-likeness (QED) is 0.411. The molecule has 5 rings (SSSR count). The molecule has 37 heavy (non-hydrogen) atoms. The summed E-state index contributed by atoms with van der Waals surface area (Å²) in [4.78, 5) is 56.4. The molecule has 0 spiro atoms. The molecule has 188 valence electrons. The van der Waals surface area contributed by atoms with Crippen molar-refractivity contribution in [1.29, 1.82) is 0 Å². The molecule has 3 aromatic rings. The summed E-state index contributed by atoms with van der Waals surface area (Å²) in [5.74, 6) is -0.513. The molecule has 10 heteroatoms. The second-order valence-corrected chi connectivity index (χ2v) is 8.88. The lowest BCUT2D eigenvalue weighted by Gasteiger charge is -2.18. The van der Waals surface area contributed by atoms with Crippen LogP contribution in [0.1, 0.15) is 47.6 Å². The first-order valence-corrected chi connectivity index (χ1v) is 11.9.